The Balaban J connectivity index is 2.04. The van der Waals surface area contributed by atoms with Crippen molar-refractivity contribution in [3.63, 3.8) is 0 Å². The average molecular weight is 621 g/mol. The molecule has 3 rings (SSSR count). The van der Waals surface area contributed by atoms with Crippen LogP contribution in [-0.4, -0.2) is 44.3 Å². The first-order valence-corrected chi connectivity index (χ1v) is 14.8. The highest BCUT2D eigenvalue weighted by Crippen LogP contribution is 2.31. The van der Waals surface area contributed by atoms with E-state index in [1.165, 1.54) is 17.0 Å². The lowest BCUT2D eigenvalue weighted by Gasteiger charge is -2.32. The lowest BCUT2D eigenvalue weighted by atomic mass is 10.1. The van der Waals surface area contributed by atoms with Crippen molar-refractivity contribution in [2.45, 2.75) is 44.7 Å². The number of rotatable bonds is 11. The molecule has 0 heterocycles. The van der Waals surface area contributed by atoms with Crippen LogP contribution >= 0.6 is 27.5 Å². The van der Waals surface area contributed by atoms with Gasteiger partial charge in [-0.2, -0.15) is 0 Å². The van der Waals surface area contributed by atoms with Crippen molar-refractivity contribution in [1.82, 2.24) is 10.2 Å². The van der Waals surface area contributed by atoms with Crippen molar-refractivity contribution >= 4 is 55.1 Å². The molecule has 0 fully saturated rings. The van der Waals surface area contributed by atoms with E-state index in [0.717, 1.165) is 20.8 Å². The molecule has 0 bridgehead atoms. The van der Waals surface area contributed by atoms with E-state index in [1.807, 2.05) is 31.2 Å². The van der Waals surface area contributed by atoms with Gasteiger partial charge in [-0.15, -0.1) is 0 Å². The third-order valence-electron chi connectivity index (χ3n) is 6.10. The standard InChI is InChI=1S/C28H31BrClN3O4S/c1-4-17-31-28(35)21(3)32(18-22-13-15-23(29)16-14-22)27(34)19-33(26-12-8-11-25(30)20(26)2)38(36,37)24-9-6-5-7-10-24/h5-16,21H,4,17-19H2,1-3H3,(H,31,35)/t21-/m1/s1. The number of hydrogen-bond acceptors (Lipinski definition) is 4. The molecule has 3 aromatic carbocycles. The van der Waals surface area contributed by atoms with Crippen molar-refractivity contribution in [3.05, 3.63) is 93.4 Å². The van der Waals surface area contributed by atoms with Gasteiger partial charge in [-0.1, -0.05) is 70.9 Å². The summed E-state index contributed by atoms with van der Waals surface area (Å²) in [5, 5.41) is 3.21. The maximum Gasteiger partial charge on any atom is 0.264 e. The lowest BCUT2D eigenvalue weighted by molar-refractivity contribution is -0.139. The molecule has 10 heteroatoms. The van der Waals surface area contributed by atoms with Crippen LogP contribution in [0.1, 0.15) is 31.4 Å². The van der Waals surface area contributed by atoms with Gasteiger partial charge in [0.1, 0.15) is 12.6 Å². The molecule has 1 N–H and O–H groups in total. The fourth-order valence-electron chi connectivity index (χ4n) is 3.86. The fraction of sp³-hybridized carbons (Fsp3) is 0.286. The molecule has 0 radical (unpaired) electrons. The summed E-state index contributed by atoms with van der Waals surface area (Å²) in [7, 11) is -4.14. The Morgan fingerprint density at radius 1 is 1.00 bits per heavy atom. The molecule has 0 spiro atoms. The zero-order valence-electron chi connectivity index (χ0n) is 21.5. The Labute approximate surface area is 238 Å². The molecule has 0 saturated heterocycles. The van der Waals surface area contributed by atoms with Crippen molar-refractivity contribution < 1.29 is 18.0 Å². The summed E-state index contributed by atoms with van der Waals surface area (Å²) in [6, 6.07) is 19.4. The highest BCUT2D eigenvalue weighted by Gasteiger charge is 2.33. The van der Waals surface area contributed by atoms with E-state index < -0.39 is 28.5 Å². The van der Waals surface area contributed by atoms with Crippen LogP contribution in [0.15, 0.2) is 82.2 Å². The van der Waals surface area contributed by atoms with Gasteiger partial charge in [-0.05, 0) is 67.8 Å². The molecule has 0 aliphatic carbocycles. The predicted octanol–water partition coefficient (Wildman–Crippen LogP) is 5.55. The number of carbonyl (C=O) groups is 2. The van der Waals surface area contributed by atoms with Crippen LogP contribution < -0.4 is 9.62 Å². The maximum absolute atomic E-state index is 13.9. The summed E-state index contributed by atoms with van der Waals surface area (Å²) in [6.45, 7) is 5.37. The van der Waals surface area contributed by atoms with Gasteiger partial charge in [0.05, 0.1) is 10.6 Å². The van der Waals surface area contributed by atoms with Gasteiger partial charge in [0.25, 0.3) is 10.0 Å². The number of benzene rings is 3. The number of halogens is 2. The molecule has 0 aromatic heterocycles. The molecule has 1 atom stereocenters. The van der Waals surface area contributed by atoms with E-state index in [1.54, 1.807) is 50.2 Å². The molecular weight excluding hydrogens is 590 g/mol. The van der Waals surface area contributed by atoms with Crippen LogP contribution in [0.2, 0.25) is 5.02 Å². The van der Waals surface area contributed by atoms with Crippen LogP contribution in [0.4, 0.5) is 5.69 Å². The van der Waals surface area contributed by atoms with Gasteiger partial charge in [0, 0.05) is 22.6 Å². The van der Waals surface area contributed by atoms with Crippen molar-refractivity contribution in [2.75, 3.05) is 17.4 Å². The largest absolute Gasteiger partial charge is 0.354 e. The number of anilines is 1. The molecule has 0 aliphatic rings. The van der Waals surface area contributed by atoms with Crippen LogP contribution in [0, 0.1) is 6.92 Å². The molecule has 202 valence electrons. The van der Waals surface area contributed by atoms with Crippen LogP contribution in [0.5, 0.6) is 0 Å². The number of hydrogen-bond donors (Lipinski definition) is 1. The van der Waals surface area contributed by atoms with E-state index in [0.29, 0.717) is 22.8 Å². The van der Waals surface area contributed by atoms with E-state index >= 15 is 0 Å². The van der Waals surface area contributed by atoms with Gasteiger partial charge < -0.3 is 10.2 Å². The molecule has 3 aromatic rings. The molecule has 0 unspecified atom stereocenters. The van der Waals surface area contributed by atoms with Crippen LogP contribution in [0.3, 0.4) is 0 Å². The van der Waals surface area contributed by atoms with Crippen molar-refractivity contribution in [3.8, 4) is 0 Å². The first kappa shape index (κ1) is 29.7. The molecule has 38 heavy (non-hydrogen) atoms. The number of sulfonamides is 1. The Hall–Kier alpha value is -2.88. The normalized spacial score (nSPS) is 12.0. The zero-order chi connectivity index (χ0) is 27.9. The SMILES string of the molecule is CCCNC(=O)[C@@H](C)N(Cc1ccc(Br)cc1)C(=O)CN(c1cccc(Cl)c1C)S(=O)(=O)c1ccccc1. The Morgan fingerprint density at radius 2 is 1.66 bits per heavy atom. The molecular formula is C28H31BrClN3O4S. The number of nitrogens with zero attached hydrogens (tertiary/aromatic N) is 2. The van der Waals surface area contributed by atoms with Gasteiger partial charge in [-0.25, -0.2) is 8.42 Å². The minimum Gasteiger partial charge on any atom is -0.354 e. The molecule has 0 saturated carbocycles. The first-order chi connectivity index (χ1) is 18.1. The second kappa shape index (κ2) is 13.3. The van der Waals surface area contributed by atoms with Gasteiger partial charge >= 0.3 is 0 Å². The van der Waals surface area contributed by atoms with E-state index in [9.17, 15) is 18.0 Å². The quantitative estimate of drug-likeness (QED) is 0.305. The summed E-state index contributed by atoms with van der Waals surface area (Å²) in [4.78, 5) is 28.2. The summed E-state index contributed by atoms with van der Waals surface area (Å²) >= 11 is 9.75. The number of carbonyl (C=O) groups excluding carboxylic acids is 2. The van der Waals surface area contributed by atoms with E-state index in [2.05, 4.69) is 21.2 Å². The minimum atomic E-state index is -4.14. The third-order valence-corrected chi connectivity index (χ3v) is 8.81. The van der Waals surface area contributed by atoms with E-state index in [4.69, 9.17) is 11.6 Å². The van der Waals surface area contributed by atoms with Gasteiger partial charge in [0.2, 0.25) is 11.8 Å². The summed E-state index contributed by atoms with van der Waals surface area (Å²) in [6.07, 6.45) is 0.746. The monoisotopic (exact) mass is 619 g/mol. The first-order valence-electron chi connectivity index (χ1n) is 12.2. The van der Waals surface area contributed by atoms with Crippen molar-refractivity contribution in [2.24, 2.45) is 0 Å². The predicted molar refractivity (Wildman–Crippen MR) is 155 cm³/mol. The summed E-state index contributed by atoms with van der Waals surface area (Å²) in [5.74, 6) is -0.834. The van der Waals surface area contributed by atoms with Gasteiger partial charge in [-0.3, -0.25) is 13.9 Å². The smallest absolute Gasteiger partial charge is 0.264 e. The van der Waals surface area contributed by atoms with Crippen LogP contribution in [0.25, 0.3) is 0 Å². The van der Waals surface area contributed by atoms with E-state index in [-0.39, 0.29) is 17.3 Å². The van der Waals surface area contributed by atoms with Crippen LogP contribution in [-0.2, 0) is 26.2 Å². The highest BCUT2D eigenvalue weighted by molar-refractivity contribution is 9.10. The summed E-state index contributed by atoms with van der Waals surface area (Å²) < 4.78 is 29.6. The Kier molecular flexibility index (Phi) is 10.4. The second-order valence-corrected chi connectivity index (χ2v) is 12.0. The van der Waals surface area contributed by atoms with Gasteiger partial charge in [0.15, 0.2) is 0 Å². The Bertz CT molecular complexity index is 1370. The number of nitrogens with one attached hydrogen (secondary N) is 1. The molecule has 0 aliphatic heterocycles. The summed E-state index contributed by atoms with van der Waals surface area (Å²) in [5.41, 5.74) is 1.61. The fourth-order valence-corrected chi connectivity index (χ4v) is 5.79. The molecule has 2 amide bonds. The average Bonchev–Trinajstić information content (AvgIpc) is 2.91. The maximum atomic E-state index is 13.9. The third kappa shape index (κ3) is 7.15. The Morgan fingerprint density at radius 3 is 2.29 bits per heavy atom. The van der Waals surface area contributed by atoms with Crippen molar-refractivity contribution in [1.29, 1.82) is 0 Å². The number of amides is 2. The zero-order valence-corrected chi connectivity index (χ0v) is 24.7. The second-order valence-electron chi connectivity index (χ2n) is 8.82. The lowest BCUT2D eigenvalue weighted by Crippen LogP contribution is -2.51. The molecule has 7 nitrogen and oxygen atoms in total. The minimum absolute atomic E-state index is 0.0420. The topological polar surface area (TPSA) is 86.8 Å². The highest BCUT2D eigenvalue weighted by atomic mass is 79.9.